The minimum atomic E-state index is -0.0288. The Labute approximate surface area is 208 Å². The van der Waals surface area contributed by atoms with E-state index in [1.807, 2.05) is 24.4 Å². The monoisotopic (exact) mass is 516 g/mol. The molecule has 4 nitrogen and oxygen atoms in total. The predicted octanol–water partition coefficient (Wildman–Crippen LogP) is 6.42. The summed E-state index contributed by atoms with van der Waals surface area (Å²) in [5.74, 6) is 0. The number of benzene rings is 2. The lowest BCUT2D eigenvalue weighted by molar-refractivity contribution is 0.310. The molecule has 1 N–H and O–H groups in total. The second-order valence-electron chi connectivity index (χ2n) is 8.38. The van der Waals surface area contributed by atoms with Crippen molar-refractivity contribution >= 4 is 33.3 Å². The maximum absolute atomic E-state index is 5.86. The zero-order valence-electron chi connectivity index (χ0n) is 18.6. The highest BCUT2D eigenvalue weighted by Gasteiger charge is 2.41. The van der Waals surface area contributed by atoms with Crippen molar-refractivity contribution in [1.82, 2.24) is 19.8 Å². The average molecular weight is 517 g/mol. The van der Waals surface area contributed by atoms with Gasteiger partial charge in [0, 0.05) is 34.3 Å². The Hall–Kier alpha value is -2.96. The summed E-state index contributed by atoms with van der Waals surface area (Å²) < 4.78 is 3.38. The molecule has 33 heavy (non-hydrogen) atoms. The van der Waals surface area contributed by atoms with E-state index in [-0.39, 0.29) is 12.1 Å². The van der Waals surface area contributed by atoms with Gasteiger partial charge in [0.1, 0.15) is 0 Å². The molecule has 6 heteroatoms. The van der Waals surface area contributed by atoms with Gasteiger partial charge in [0.2, 0.25) is 0 Å². The van der Waals surface area contributed by atoms with Crippen molar-refractivity contribution in [3.63, 3.8) is 0 Å². The molecule has 3 heterocycles. The van der Waals surface area contributed by atoms with Gasteiger partial charge >= 0.3 is 0 Å². The third kappa shape index (κ3) is 4.21. The van der Waals surface area contributed by atoms with Crippen LogP contribution in [0.2, 0.25) is 0 Å². The van der Waals surface area contributed by atoms with Crippen LogP contribution in [0, 0.1) is 13.8 Å². The largest absolute Gasteiger partial charge is 0.352 e. The summed E-state index contributed by atoms with van der Waals surface area (Å²) in [4.78, 5) is 6.98. The zero-order chi connectivity index (χ0) is 22.9. The minimum absolute atomic E-state index is 0.0275. The number of hydrogen-bond acceptors (Lipinski definition) is 2. The summed E-state index contributed by atoms with van der Waals surface area (Å²) in [6, 6.07) is 27.3. The van der Waals surface area contributed by atoms with Gasteiger partial charge in [0.15, 0.2) is 5.11 Å². The van der Waals surface area contributed by atoms with Crippen LogP contribution in [-0.4, -0.2) is 19.6 Å². The molecule has 1 aliphatic rings. The van der Waals surface area contributed by atoms with E-state index >= 15 is 0 Å². The van der Waals surface area contributed by atoms with Crippen LogP contribution in [0.5, 0.6) is 0 Å². The van der Waals surface area contributed by atoms with Crippen LogP contribution in [0.25, 0.3) is 5.69 Å². The van der Waals surface area contributed by atoms with Crippen molar-refractivity contribution in [3.8, 4) is 5.69 Å². The van der Waals surface area contributed by atoms with Crippen LogP contribution < -0.4 is 5.32 Å². The lowest BCUT2D eigenvalue weighted by Crippen LogP contribution is -2.29. The molecule has 166 valence electrons. The second-order valence-corrected chi connectivity index (χ2v) is 9.68. The van der Waals surface area contributed by atoms with E-state index in [1.54, 1.807) is 0 Å². The third-order valence-electron chi connectivity index (χ3n) is 6.25. The van der Waals surface area contributed by atoms with Gasteiger partial charge in [0.05, 0.1) is 17.8 Å². The van der Waals surface area contributed by atoms with E-state index in [0.717, 1.165) is 27.5 Å². The molecule has 2 aromatic carbocycles. The molecule has 0 radical (unpaired) electrons. The fourth-order valence-electron chi connectivity index (χ4n) is 4.79. The van der Waals surface area contributed by atoms with Crippen molar-refractivity contribution in [2.24, 2.45) is 0 Å². The molecular formula is C27H25BrN4S. The van der Waals surface area contributed by atoms with Gasteiger partial charge in [-0.15, -0.1) is 0 Å². The first-order chi connectivity index (χ1) is 16.0. The average Bonchev–Trinajstić information content (AvgIpc) is 3.30. The van der Waals surface area contributed by atoms with Gasteiger partial charge in [-0.3, -0.25) is 4.98 Å². The quantitative estimate of drug-likeness (QED) is 0.310. The van der Waals surface area contributed by atoms with Gasteiger partial charge in [-0.25, -0.2) is 0 Å². The molecule has 4 aromatic rings. The van der Waals surface area contributed by atoms with Gasteiger partial charge < -0.3 is 14.8 Å². The zero-order valence-corrected chi connectivity index (χ0v) is 21.0. The van der Waals surface area contributed by atoms with Crippen LogP contribution in [0.15, 0.2) is 89.5 Å². The van der Waals surface area contributed by atoms with Crippen LogP contribution >= 0.6 is 28.1 Å². The fraction of sp³-hybridized carbons (Fsp3) is 0.185. The van der Waals surface area contributed by atoms with E-state index in [2.05, 4.69) is 110 Å². The number of thiocarbonyl (C=S) groups is 1. The summed E-state index contributed by atoms with van der Waals surface area (Å²) >= 11 is 9.48. The van der Waals surface area contributed by atoms with Crippen molar-refractivity contribution < 1.29 is 0 Å². The first kappa shape index (κ1) is 21.9. The maximum Gasteiger partial charge on any atom is 0.170 e. The number of aromatic nitrogens is 2. The van der Waals surface area contributed by atoms with E-state index in [0.29, 0.717) is 0 Å². The van der Waals surface area contributed by atoms with Gasteiger partial charge in [-0.1, -0.05) is 58.4 Å². The van der Waals surface area contributed by atoms with Crippen LogP contribution in [0.1, 0.15) is 40.3 Å². The van der Waals surface area contributed by atoms with E-state index in [4.69, 9.17) is 12.2 Å². The maximum atomic E-state index is 5.86. The fourth-order valence-corrected chi connectivity index (χ4v) is 5.49. The van der Waals surface area contributed by atoms with Gasteiger partial charge in [-0.2, -0.15) is 0 Å². The number of rotatable bonds is 5. The van der Waals surface area contributed by atoms with Crippen molar-refractivity contribution in [2.75, 3.05) is 0 Å². The molecule has 0 amide bonds. The number of hydrogen-bond donors (Lipinski definition) is 1. The Morgan fingerprint density at radius 2 is 1.76 bits per heavy atom. The van der Waals surface area contributed by atoms with Gasteiger partial charge in [0.25, 0.3) is 0 Å². The summed E-state index contributed by atoms with van der Waals surface area (Å²) in [5.41, 5.74) is 7.02. The summed E-state index contributed by atoms with van der Waals surface area (Å²) in [6.45, 7) is 5.09. The highest BCUT2D eigenvalue weighted by molar-refractivity contribution is 9.10. The Morgan fingerprint density at radius 3 is 2.48 bits per heavy atom. The lowest BCUT2D eigenvalue weighted by Gasteiger charge is -2.28. The SMILES string of the molecule is Cc1cc([C@H]2[C@@H](c3ccccn3)NC(=S)N2Cc2ccccc2)c(C)n1-c1cccc(Br)c1. The summed E-state index contributed by atoms with van der Waals surface area (Å²) in [6.07, 6.45) is 1.85. The van der Waals surface area contributed by atoms with E-state index in [1.165, 1.54) is 22.5 Å². The van der Waals surface area contributed by atoms with Crippen molar-refractivity contribution in [2.45, 2.75) is 32.5 Å². The molecule has 5 rings (SSSR count). The first-order valence-corrected chi connectivity index (χ1v) is 12.2. The Bertz CT molecular complexity index is 1290. The smallest absolute Gasteiger partial charge is 0.170 e. The molecule has 0 aliphatic carbocycles. The van der Waals surface area contributed by atoms with Crippen molar-refractivity contribution in [1.29, 1.82) is 0 Å². The summed E-state index contributed by atoms with van der Waals surface area (Å²) in [5, 5.41) is 4.33. The molecule has 1 saturated heterocycles. The van der Waals surface area contributed by atoms with Crippen LogP contribution in [-0.2, 0) is 6.54 Å². The first-order valence-electron chi connectivity index (χ1n) is 11.0. The molecule has 0 bridgehead atoms. The number of halogens is 1. The number of pyridine rings is 1. The number of nitrogens with zero attached hydrogens (tertiary/aromatic N) is 3. The van der Waals surface area contributed by atoms with Crippen molar-refractivity contribution in [3.05, 3.63) is 118 Å². The summed E-state index contributed by atoms with van der Waals surface area (Å²) in [7, 11) is 0. The molecule has 1 fully saturated rings. The minimum Gasteiger partial charge on any atom is -0.352 e. The Morgan fingerprint density at radius 1 is 0.970 bits per heavy atom. The van der Waals surface area contributed by atoms with Crippen LogP contribution in [0.3, 0.4) is 0 Å². The lowest BCUT2D eigenvalue weighted by atomic mass is 9.96. The molecule has 1 aliphatic heterocycles. The molecule has 0 spiro atoms. The molecule has 0 unspecified atom stereocenters. The third-order valence-corrected chi connectivity index (χ3v) is 7.09. The molecule has 0 saturated carbocycles. The molecule has 2 aromatic heterocycles. The van der Waals surface area contributed by atoms with Gasteiger partial charge in [-0.05, 0) is 73.6 Å². The normalized spacial score (nSPS) is 17.9. The van der Waals surface area contributed by atoms with E-state index < -0.39 is 0 Å². The Balaban J connectivity index is 1.62. The number of nitrogens with one attached hydrogen (secondary N) is 1. The van der Waals surface area contributed by atoms with Crippen LogP contribution in [0.4, 0.5) is 0 Å². The standard InChI is InChI=1S/C27H25BrN4S/c1-18-15-23(19(2)32(18)22-12-8-11-21(28)16-22)26-25(24-13-6-7-14-29-24)30-27(33)31(26)17-20-9-4-3-5-10-20/h3-16,25-26H,17H2,1-2H3,(H,30,33)/t25-,26+/m1/s1. The highest BCUT2D eigenvalue weighted by Crippen LogP contribution is 2.42. The van der Waals surface area contributed by atoms with E-state index in [9.17, 15) is 0 Å². The topological polar surface area (TPSA) is 33.1 Å². The Kier molecular flexibility index (Phi) is 6.04. The number of aryl methyl sites for hydroxylation is 1. The highest BCUT2D eigenvalue weighted by atomic mass is 79.9. The predicted molar refractivity (Wildman–Crippen MR) is 140 cm³/mol. The molecular weight excluding hydrogens is 492 g/mol. The second kappa shape index (κ2) is 9.12. The molecule has 2 atom stereocenters.